The van der Waals surface area contributed by atoms with E-state index in [1.54, 1.807) is 32.9 Å². The highest BCUT2D eigenvalue weighted by molar-refractivity contribution is 6.30. The zero-order chi connectivity index (χ0) is 29.2. The summed E-state index contributed by atoms with van der Waals surface area (Å²) < 4.78 is 5.70. The maximum absolute atomic E-state index is 13.1. The second kappa shape index (κ2) is 11.8. The molecule has 10 nitrogen and oxygen atoms in total. The number of rotatable bonds is 8. The molecule has 0 radical (unpaired) electrons. The number of nitrogens with one attached hydrogen (secondary N) is 2. The third kappa shape index (κ3) is 6.17. The smallest absolute Gasteiger partial charge is 0.307 e. The van der Waals surface area contributed by atoms with Crippen LogP contribution < -0.4 is 15.6 Å². The number of halogens is 1. The number of nitriles is 1. The number of aryl methyl sites for hydroxylation is 2. The Morgan fingerprint density at radius 3 is 2.67 bits per heavy atom. The molecule has 3 aromatic rings. The lowest BCUT2D eigenvalue weighted by atomic mass is 9.84. The zero-order valence-electron chi connectivity index (χ0n) is 23.1. The number of nitrogens with zero attached hydrogens (tertiary/aromatic N) is 4. The van der Waals surface area contributed by atoms with Crippen LogP contribution in [0.4, 0.5) is 0 Å². The molecule has 1 unspecified atom stereocenters. The number of hydrogen-bond donors (Lipinski definition) is 3. The Balaban J connectivity index is 1.53. The molecule has 1 amide bonds. The molecule has 11 heteroatoms. The molecule has 0 aliphatic carbocycles. The number of carbonyl (C=O) groups excluding carboxylic acids is 1. The Hall–Kier alpha value is -3.78. The number of H-pyrrole nitrogens is 1. The van der Waals surface area contributed by atoms with Crippen LogP contribution in [0.15, 0.2) is 47.3 Å². The molecule has 1 saturated heterocycles. The number of ether oxygens (including phenoxy) is 1. The second-order valence-electron chi connectivity index (χ2n) is 10.7. The van der Waals surface area contributed by atoms with Crippen molar-refractivity contribution in [3.05, 3.63) is 80.5 Å². The van der Waals surface area contributed by atoms with Gasteiger partial charge in [-0.3, -0.25) is 14.5 Å². The average Bonchev–Trinajstić information content (AvgIpc) is 3.37. The summed E-state index contributed by atoms with van der Waals surface area (Å²) in [5.74, 6) is -0.0850. The van der Waals surface area contributed by atoms with Crippen LogP contribution in [0.3, 0.4) is 0 Å². The second-order valence-corrected chi connectivity index (χ2v) is 11.1. The summed E-state index contributed by atoms with van der Waals surface area (Å²) in [5, 5.41) is 31.0. The minimum absolute atomic E-state index is 0.0704. The molecule has 4 atom stereocenters. The van der Waals surface area contributed by atoms with Crippen LogP contribution in [0.5, 0.6) is 11.5 Å². The highest BCUT2D eigenvalue weighted by atomic mass is 35.5. The number of carbonyl (C=O) groups is 1. The van der Waals surface area contributed by atoms with Crippen molar-refractivity contribution in [3.63, 3.8) is 0 Å². The summed E-state index contributed by atoms with van der Waals surface area (Å²) >= 11 is 6.26. The van der Waals surface area contributed by atoms with E-state index in [1.807, 2.05) is 36.9 Å². The predicted molar refractivity (Wildman–Crippen MR) is 150 cm³/mol. The lowest BCUT2D eigenvalue weighted by Crippen LogP contribution is -2.55. The fourth-order valence-corrected chi connectivity index (χ4v) is 5.33. The van der Waals surface area contributed by atoms with Crippen LogP contribution in [-0.2, 0) is 0 Å². The number of pyridine rings is 1. The van der Waals surface area contributed by atoms with Crippen LogP contribution in [0.2, 0.25) is 5.02 Å². The normalized spacial score (nSPS) is 19.1. The summed E-state index contributed by atoms with van der Waals surface area (Å²) in [6, 6.07) is 13.3. The van der Waals surface area contributed by atoms with E-state index in [0.29, 0.717) is 28.6 Å². The van der Waals surface area contributed by atoms with Crippen molar-refractivity contribution < 1.29 is 14.6 Å². The number of aliphatic hydroxyl groups excluding tert-OH is 1. The van der Waals surface area contributed by atoms with Crippen LogP contribution in [0.1, 0.15) is 67.1 Å². The van der Waals surface area contributed by atoms with Gasteiger partial charge in [0.25, 0.3) is 5.91 Å². The van der Waals surface area contributed by atoms with Gasteiger partial charge in [0.1, 0.15) is 17.7 Å². The van der Waals surface area contributed by atoms with Crippen molar-refractivity contribution in [1.29, 1.82) is 5.26 Å². The molecule has 1 aliphatic rings. The van der Waals surface area contributed by atoms with Crippen molar-refractivity contribution in [2.75, 3.05) is 0 Å². The molecule has 4 rings (SSSR count). The molecule has 0 bridgehead atoms. The summed E-state index contributed by atoms with van der Waals surface area (Å²) in [6.45, 7) is 8.83. The Morgan fingerprint density at radius 1 is 1.25 bits per heavy atom. The van der Waals surface area contributed by atoms with Crippen LogP contribution in [0.25, 0.3) is 0 Å². The monoisotopic (exact) mass is 564 g/mol. The van der Waals surface area contributed by atoms with Gasteiger partial charge in [-0.25, -0.2) is 10.1 Å². The van der Waals surface area contributed by atoms with Gasteiger partial charge in [0.2, 0.25) is 0 Å². The largest absolute Gasteiger partial charge is 0.450 e. The van der Waals surface area contributed by atoms with Crippen molar-refractivity contribution in [2.24, 2.45) is 5.41 Å². The molecule has 40 heavy (non-hydrogen) atoms. The number of hydrogen-bond acceptors (Lipinski definition) is 8. The summed E-state index contributed by atoms with van der Waals surface area (Å²) in [6.07, 6.45) is 0.353. The first kappa shape index (κ1) is 29.2. The van der Waals surface area contributed by atoms with Crippen LogP contribution in [0, 0.1) is 30.6 Å². The maximum Gasteiger partial charge on any atom is 0.307 e. The molecular weight excluding hydrogens is 532 g/mol. The number of aromatic amines is 1. The topological polar surface area (TPSA) is 144 Å². The van der Waals surface area contributed by atoms with E-state index in [-0.39, 0.29) is 23.5 Å². The van der Waals surface area contributed by atoms with Gasteiger partial charge in [-0.1, -0.05) is 23.7 Å². The molecule has 3 heterocycles. The first-order valence-electron chi connectivity index (χ1n) is 13.1. The van der Waals surface area contributed by atoms with E-state index < -0.39 is 29.2 Å². The lowest BCUT2D eigenvalue weighted by Gasteiger charge is -2.41. The van der Waals surface area contributed by atoms with Gasteiger partial charge in [0, 0.05) is 23.2 Å². The number of amides is 1. The van der Waals surface area contributed by atoms with E-state index in [9.17, 15) is 20.0 Å². The Bertz CT molecular complexity index is 1500. The van der Waals surface area contributed by atoms with E-state index in [2.05, 4.69) is 26.6 Å². The highest BCUT2D eigenvalue weighted by Crippen LogP contribution is 2.44. The maximum atomic E-state index is 13.1. The number of aliphatic hydroxyl groups is 1. The molecule has 1 fully saturated rings. The third-order valence-electron chi connectivity index (χ3n) is 7.29. The van der Waals surface area contributed by atoms with Crippen LogP contribution in [-0.4, -0.2) is 49.4 Å². The zero-order valence-corrected chi connectivity index (χ0v) is 23.9. The minimum atomic E-state index is -1.08. The summed E-state index contributed by atoms with van der Waals surface area (Å²) in [4.78, 5) is 31.4. The first-order valence-corrected chi connectivity index (χ1v) is 13.4. The molecule has 0 saturated carbocycles. The van der Waals surface area contributed by atoms with Gasteiger partial charge in [0.15, 0.2) is 5.75 Å². The van der Waals surface area contributed by atoms with Crippen molar-refractivity contribution >= 4 is 17.5 Å². The quantitative estimate of drug-likeness (QED) is 0.364. The molecule has 0 spiro atoms. The Labute approximate surface area is 238 Å². The first-order chi connectivity index (χ1) is 18.9. The lowest BCUT2D eigenvalue weighted by molar-refractivity contribution is -0.0663. The van der Waals surface area contributed by atoms with Gasteiger partial charge in [0.05, 0.1) is 28.9 Å². The summed E-state index contributed by atoms with van der Waals surface area (Å²) in [7, 11) is 0. The van der Waals surface area contributed by atoms with Crippen molar-refractivity contribution in [3.8, 4) is 17.6 Å². The molecule has 1 aliphatic heterocycles. The standard InChI is InChI=1S/C29H33ClN6O4/c1-16-13-24(27(38)35-34-16)40-23-11-9-21(32-17(23)2)26(37)33-18(3)28(39)36-22(19-7-6-8-20(30)14-19)10-12-25(36)29(4,5)15-31/h6-9,11,13-14,18,22,25,28,39H,10,12H2,1-5H3,(H,33,37)(H,35,38)/t18-,22+,25-,28?/m1/s1. The number of aromatic nitrogens is 3. The molecule has 210 valence electrons. The van der Waals surface area contributed by atoms with Crippen molar-refractivity contribution in [2.45, 2.75) is 71.8 Å². The van der Waals surface area contributed by atoms with E-state index in [4.69, 9.17) is 16.3 Å². The molecule has 2 aromatic heterocycles. The highest BCUT2D eigenvalue weighted by Gasteiger charge is 2.47. The Morgan fingerprint density at radius 2 is 2.00 bits per heavy atom. The summed E-state index contributed by atoms with van der Waals surface area (Å²) in [5.41, 5.74) is 0.848. The predicted octanol–water partition coefficient (Wildman–Crippen LogP) is 4.42. The number of benzene rings is 1. The molecule has 1 aromatic carbocycles. The fourth-order valence-electron chi connectivity index (χ4n) is 5.13. The van der Waals surface area contributed by atoms with Crippen LogP contribution >= 0.6 is 11.6 Å². The van der Waals surface area contributed by atoms with Gasteiger partial charge in [-0.2, -0.15) is 10.4 Å². The SMILES string of the molecule is Cc1cc(Oc2ccc(C(=O)N[C@H](C)C(O)N3[C@H](c4cccc(Cl)c4)CC[C@@H]3C(C)(C)C#N)nc2C)c(=O)[nH]n1. The van der Waals surface area contributed by atoms with Gasteiger partial charge < -0.3 is 15.2 Å². The minimum Gasteiger partial charge on any atom is -0.450 e. The molecule has 3 N–H and O–H groups in total. The average molecular weight is 565 g/mol. The van der Waals surface area contributed by atoms with E-state index in [0.717, 1.165) is 12.0 Å². The number of likely N-dealkylation sites (tertiary alicyclic amines) is 1. The van der Waals surface area contributed by atoms with Gasteiger partial charge in [-0.05, 0) is 77.3 Å². The van der Waals surface area contributed by atoms with E-state index in [1.165, 1.54) is 12.1 Å². The fraction of sp³-hybridized carbons (Fsp3) is 0.414. The van der Waals surface area contributed by atoms with Gasteiger partial charge >= 0.3 is 5.56 Å². The van der Waals surface area contributed by atoms with E-state index >= 15 is 0 Å². The van der Waals surface area contributed by atoms with Gasteiger partial charge in [-0.15, -0.1) is 0 Å². The third-order valence-corrected chi connectivity index (χ3v) is 7.52. The molecular formula is C29H33ClN6O4. The Kier molecular flexibility index (Phi) is 8.59. The van der Waals surface area contributed by atoms with Crippen molar-refractivity contribution in [1.82, 2.24) is 25.4 Å².